The van der Waals surface area contributed by atoms with Crippen LogP contribution in [-0.2, 0) is 16.1 Å². The van der Waals surface area contributed by atoms with Crippen LogP contribution in [-0.4, -0.2) is 38.0 Å². The SMILES string of the molecule is COC(=O)c1ccc(OCc2ccc(C(=O)Nc3sc(C(N)=O)c(C)c3C(=O)OC)o2)cc1. The van der Waals surface area contributed by atoms with E-state index in [2.05, 4.69) is 10.1 Å². The molecule has 33 heavy (non-hydrogen) atoms. The Balaban J connectivity index is 1.69. The molecule has 0 aliphatic rings. The summed E-state index contributed by atoms with van der Waals surface area (Å²) in [5, 5.41) is 2.68. The molecule has 3 N–H and O–H groups in total. The van der Waals surface area contributed by atoms with E-state index in [0.29, 0.717) is 22.6 Å². The zero-order chi connectivity index (χ0) is 24.1. The topological polar surface area (TPSA) is 147 Å². The first kappa shape index (κ1) is 23.5. The van der Waals surface area contributed by atoms with E-state index in [1.165, 1.54) is 20.3 Å². The number of rotatable bonds is 8. The van der Waals surface area contributed by atoms with Gasteiger partial charge in [-0.2, -0.15) is 0 Å². The minimum absolute atomic E-state index is 0.0300. The number of benzene rings is 1. The highest BCUT2D eigenvalue weighted by molar-refractivity contribution is 7.18. The zero-order valence-electron chi connectivity index (χ0n) is 17.9. The van der Waals surface area contributed by atoms with Crippen molar-refractivity contribution in [2.24, 2.45) is 5.73 Å². The molecule has 11 heteroatoms. The number of amides is 2. The summed E-state index contributed by atoms with van der Waals surface area (Å²) in [4.78, 5) is 48.0. The summed E-state index contributed by atoms with van der Waals surface area (Å²) in [5.74, 6) is -1.70. The van der Waals surface area contributed by atoms with Gasteiger partial charge in [0.15, 0.2) is 5.76 Å². The van der Waals surface area contributed by atoms with Gasteiger partial charge in [0.25, 0.3) is 11.8 Å². The van der Waals surface area contributed by atoms with Gasteiger partial charge in [0, 0.05) is 0 Å². The normalized spacial score (nSPS) is 10.4. The Labute approximate surface area is 192 Å². The first-order valence-corrected chi connectivity index (χ1v) is 10.3. The first-order chi connectivity index (χ1) is 15.7. The van der Waals surface area contributed by atoms with Gasteiger partial charge in [-0.05, 0) is 48.9 Å². The summed E-state index contributed by atoms with van der Waals surface area (Å²) in [6, 6.07) is 9.34. The Morgan fingerprint density at radius 1 is 1.00 bits per heavy atom. The molecule has 0 aliphatic carbocycles. The summed E-state index contributed by atoms with van der Waals surface area (Å²) in [6.07, 6.45) is 0. The lowest BCUT2D eigenvalue weighted by molar-refractivity contribution is 0.0592. The predicted molar refractivity (Wildman–Crippen MR) is 118 cm³/mol. The molecule has 3 rings (SSSR count). The molecule has 2 aromatic heterocycles. The molecule has 0 saturated carbocycles. The monoisotopic (exact) mass is 472 g/mol. The number of esters is 2. The van der Waals surface area contributed by atoms with Gasteiger partial charge in [0.2, 0.25) is 0 Å². The molecule has 0 aliphatic heterocycles. The largest absolute Gasteiger partial charge is 0.486 e. The molecular weight excluding hydrogens is 452 g/mol. The van der Waals surface area contributed by atoms with Crippen molar-refractivity contribution in [3.8, 4) is 5.75 Å². The van der Waals surface area contributed by atoms with Crippen molar-refractivity contribution >= 4 is 40.1 Å². The molecule has 0 radical (unpaired) electrons. The fraction of sp³-hybridized carbons (Fsp3) is 0.182. The lowest BCUT2D eigenvalue weighted by Crippen LogP contribution is -2.14. The van der Waals surface area contributed by atoms with Crippen molar-refractivity contribution in [2.75, 3.05) is 19.5 Å². The molecule has 172 valence electrons. The van der Waals surface area contributed by atoms with E-state index in [1.54, 1.807) is 37.3 Å². The van der Waals surface area contributed by atoms with Gasteiger partial charge in [-0.3, -0.25) is 9.59 Å². The number of thiophene rings is 1. The fourth-order valence-corrected chi connectivity index (χ4v) is 3.93. The number of nitrogens with one attached hydrogen (secondary N) is 1. The van der Waals surface area contributed by atoms with Crippen LogP contribution in [0.1, 0.15) is 52.3 Å². The molecule has 2 amide bonds. The molecule has 0 unspecified atom stereocenters. The Kier molecular flexibility index (Phi) is 7.13. The van der Waals surface area contributed by atoms with Crippen LogP contribution in [0.25, 0.3) is 0 Å². The van der Waals surface area contributed by atoms with Crippen LogP contribution in [0.15, 0.2) is 40.8 Å². The highest BCUT2D eigenvalue weighted by Gasteiger charge is 2.26. The smallest absolute Gasteiger partial charge is 0.341 e. The number of anilines is 1. The van der Waals surface area contributed by atoms with Gasteiger partial charge >= 0.3 is 11.9 Å². The average Bonchev–Trinajstić information content (AvgIpc) is 3.41. The third-order valence-corrected chi connectivity index (χ3v) is 5.75. The molecule has 0 fully saturated rings. The quantitative estimate of drug-likeness (QED) is 0.475. The second kappa shape index (κ2) is 10.0. The number of furan rings is 1. The molecule has 0 bridgehead atoms. The molecule has 0 atom stereocenters. The van der Waals surface area contributed by atoms with Crippen LogP contribution in [0, 0.1) is 6.92 Å². The van der Waals surface area contributed by atoms with E-state index in [0.717, 1.165) is 11.3 Å². The molecule has 10 nitrogen and oxygen atoms in total. The van der Waals surface area contributed by atoms with Crippen LogP contribution in [0.5, 0.6) is 5.75 Å². The van der Waals surface area contributed by atoms with E-state index in [9.17, 15) is 19.2 Å². The van der Waals surface area contributed by atoms with E-state index in [1.807, 2.05) is 0 Å². The van der Waals surface area contributed by atoms with Gasteiger partial charge < -0.3 is 29.7 Å². The molecule has 1 aromatic carbocycles. The Morgan fingerprint density at radius 2 is 1.67 bits per heavy atom. The summed E-state index contributed by atoms with van der Waals surface area (Å²) in [6.45, 7) is 1.57. The summed E-state index contributed by atoms with van der Waals surface area (Å²) >= 11 is 0.873. The predicted octanol–water partition coefficient (Wildman–Crippen LogP) is 3.15. The van der Waals surface area contributed by atoms with Crippen molar-refractivity contribution in [1.29, 1.82) is 0 Å². The van der Waals surface area contributed by atoms with Gasteiger partial charge in [0.1, 0.15) is 23.1 Å². The first-order valence-electron chi connectivity index (χ1n) is 9.47. The van der Waals surface area contributed by atoms with E-state index in [-0.39, 0.29) is 27.8 Å². The van der Waals surface area contributed by atoms with Crippen LogP contribution < -0.4 is 15.8 Å². The summed E-state index contributed by atoms with van der Waals surface area (Å²) in [7, 11) is 2.49. The molecule has 2 heterocycles. The maximum Gasteiger partial charge on any atom is 0.341 e. The van der Waals surface area contributed by atoms with E-state index >= 15 is 0 Å². The highest BCUT2D eigenvalue weighted by Crippen LogP contribution is 2.33. The maximum absolute atomic E-state index is 12.6. The standard InChI is InChI=1S/C22H20N2O8S/c1-11-16(22(28)30-3)20(33-17(11)18(23)25)24-19(26)15-9-8-14(32-15)10-31-13-6-4-12(5-7-13)21(27)29-2/h4-9H,10H2,1-3H3,(H2,23,25)(H,24,26). The van der Waals surface area contributed by atoms with Gasteiger partial charge in [-0.25, -0.2) is 9.59 Å². The van der Waals surface area contributed by atoms with Gasteiger partial charge in [0.05, 0.1) is 30.2 Å². The van der Waals surface area contributed by atoms with Crippen molar-refractivity contribution in [3.63, 3.8) is 0 Å². The number of carbonyl (C=O) groups excluding carboxylic acids is 4. The van der Waals surface area contributed by atoms with E-state index < -0.39 is 23.8 Å². The minimum atomic E-state index is -0.722. The maximum atomic E-state index is 12.6. The highest BCUT2D eigenvalue weighted by atomic mass is 32.1. The Morgan fingerprint density at radius 3 is 2.27 bits per heavy atom. The van der Waals surface area contributed by atoms with Crippen LogP contribution in [0.4, 0.5) is 5.00 Å². The van der Waals surface area contributed by atoms with E-state index in [4.69, 9.17) is 19.6 Å². The molecule has 0 saturated heterocycles. The Hall–Kier alpha value is -4.12. The zero-order valence-corrected chi connectivity index (χ0v) is 18.7. The fourth-order valence-electron chi connectivity index (χ4n) is 2.89. The third-order valence-electron chi connectivity index (χ3n) is 4.53. The second-order valence-corrected chi connectivity index (χ2v) is 7.66. The van der Waals surface area contributed by atoms with Gasteiger partial charge in [-0.1, -0.05) is 0 Å². The van der Waals surface area contributed by atoms with Gasteiger partial charge in [-0.15, -0.1) is 11.3 Å². The summed E-state index contributed by atoms with van der Waals surface area (Å²) in [5.41, 5.74) is 6.10. The number of carbonyl (C=O) groups is 4. The van der Waals surface area contributed by atoms with Crippen LogP contribution in [0.3, 0.4) is 0 Å². The number of hydrogen-bond donors (Lipinski definition) is 2. The molecule has 3 aromatic rings. The Bertz CT molecular complexity index is 1210. The second-order valence-electron chi connectivity index (χ2n) is 6.64. The van der Waals surface area contributed by atoms with Crippen molar-refractivity contribution in [1.82, 2.24) is 0 Å². The number of methoxy groups -OCH3 is 2. The number of hydrogen-bond acceptors (Lipinski definition) is 9. The average molecular weight is 472 g/mol. The number of primary amides is 1. The third kappa shape index (κ3) is 5.21. The van der Waals surface area contributed by atoms with Crippen molar-refractivity contribution < 1.29 is 37.8 Å². The van der Waals surface area contributed by atoms with Crippen LogP contribution >= 0.6 is 11.3 Å². The molecular formula is C22H20N2O8S. The van der Waals surface area contributed by atoms with Crippen LogP contribution in [0.2, 0.25) is 0 Å². The lowest BCUT2D eigenvalue weighted by atomic mass is 10.1. The number of nitrogens with two attached hydrogens (primary N) is 1. The van der Waals surface area contributed by atoms with Crippen molar-refractivity contribution in [2.45, 2.75) is 13.5 Å². The number of ether oxygens (including phenoxy) is 3. The summed E-state index contributed by atoms with van der Waals surface area (Å²) < 4.78 is 20.5. The minimum Gasteiger partial charge on any atom is -0.486 e. The lowest BCUT2D eigenvalue weighted by Gasteiger charge is -2.06. The van der Waals surface area contributed by atoms with Crippen molar-refractivity contribution in [3.05, 3.63) is 69.5 Å². The molecule has 0 spiro atoms.